The number of aromatic nitrogens is 2. The maximum atomic E-state index is 12.7. The number of halogens is 2. The molecule has 1 aromatic heterocycles. The zero-order valence-electron chi connectivity index (χ0n) is 15.7. The fraction of sp³-hybridized carbons (Fsp3) is 0.300. The molecule has 0 amide bonds. The zero-order chi connectivity index (χ0) is 20.3. The minimum atomic E-state index is -3.06. The quantitative estimate of drug-likeness (QED) is 0.631. The van der Waals surface area contributed by atoms with Gasteiger partial charge in [0, 0.05) is 6.07 Å². The normalized spacial score (nSPS) is 11.6. The van der Waals surface area contributed by atoms with Crippen LogP contribution in [0.5, 0.6) is 11.6 Å². The van der Waals surface area contributed by atoms with Gasteiger partial charge in [0.25, 0.3) is 0 Å². The van der Waals surface area contributed by atoms with Crippen LogP contribution >= 0.6 is 0 Å². The van der Waals surface area contributed by atoms with E-state index in [-0.39, 0.29) is 16.8 Å². The monoisotopic (exact) mass is 390 g/mol. The smallest absolute Gasteiger partial charge is 0.388 e. The molecular weight excluding hydrogens is 370 g/mol. The van der Waals surface area contributed by atoms with E-state index in [2.05, 4.69) is 9.84 Å². The molecule has 0 saturated heterocycles. The summed E-state index contributed by atoms with van der Waals surface area (Å²) in [6.07, 6.45) is 0. The lowest BCUT2D eigenvalue weighted by molar-refractivity contribution is -0.154. The maximum Gasteiger partial charge on any atom is 0.388 e. The summed E-state index contributed by atoms with van der Waals surface area (Å²) < 4.78 is 35.6. The largest absolute Gasteiger partial charge is 0.489 e. The van der Waals surface area contributed by atoms with E-state index < -0.39 is 18.0 Å². The van der Waals surface area contributed by atoms with Gasteiger partial charge in [-0.25, -0.2) is 4.79 Å². The van der Waals surface area contributed by atoms with Crippen molar-refractivity contribution in [2.75, 3.05) is 0 Å². The van der Waals surface area contributed by atoms with Gasteiger partial charge in [0.15, 0.2) is 0 Å². The summed E-state index contributed by atoms with van der Waals surface area (Å²) in [6.45, 7) is 2.28. The second-order valence-corrected chi connectivity index (χ2v) is 7.14. The van der Waals surface area contributed by atoms with Gasteiger partial charge in [0.05, 0.1) is 10.8 Å². The Morgan fingerprint density at radius 1 is 1.14 bits per heavy atom. The lowest BCUT2D eigenvalue weighted by atomic mass is 9.98. The van der Waals surface area contributed by atoms with Gasteiger partial charge < -0.3 is 14.3 Å². The summed E-state index contributed by atoms with van der Waals surface area (Å²) in [5, 5.41) is 4.13. The topological polar surface area (TPSA) is 62.6 Å². The van der Waals surface area contributed by atoms with Crippen molar-refractivity contribution in [2.45, 2.75) is 34.0 Å². The first-order chi connectivity index (χ1) is 13.2. The molecule has 1 heterocycles. The Morgan fingerprint density at radius 3 is 2.50 bits per heavy atom. The lowest BCUT2D eigenvalue weighted by Gasteiger charge is -2.15. The second-order valence-electron chi connectivity index (χ2n) is 7.14. The molecule has 6 nitrogen and oxygen atoms in total. The van der Waals surface area contributed by atoms with Gasteiger partial charge in [-0.3, -0.25) is 0 Å². The van der Waals surface area contributed by atoms with E-state index in [4.69, 9.17) is 9.57 Å². The van der Waals surface area contributed by atoms with Crippen LogP contribution in [0.4, 0.5) is 8.78 Å². The molecule has 3 rings (SSSR count). The van der Waals surface area contributed by atoms with Crippen LogP contribution in [-0.4, -0.2) is 22.5 Å². The van der Waals surface area contributed by atoms with Crippen LogP contribution in [0, 0.1) is 5.41 Å². The molecule has 0 radical (unpaired) electrons. The van der Waals surface area contributed by atoms with E-state index in [9.17, 15) is 13.6 Å². The van der Waals surface area contributed by atoms with Gasteiger partial charge >= 0.3 is 12.6 Å². The molecule has 0 atom stereocenters. The van der Waals surface area contributed by atoms with Crippen LogP contribution in [-0.2, 0) is 11.4 Å². The first-order valence-electron chi connectivity index (χ1n) is 8.61. The summed E-state index contributed by atoms with van der Waals surface area (Å²) in [4.78, 5) is 18.3. The van der Waals surface area contributed by atoms with Crippen LogP contribution in [0.1, 0.15) is 26.3 Å². The van der Waals surface area contributed by atoms with E-state index in [0.29, 0.717) is 12.4 Å². The van der Waals surface area contributed by atoms with E-state index in [1.165, 1.54) is 6.07 Å². The predicted molar refractivity (Wildman–Crippen MR) is 98.2 cm³/mol. The SMILES string of the molecule is CC(C)(C)C(=O)On1nc(OC(F)F)c2ccc(OCc3ccccc3)cc21. The number of hydrogen-bond acceptors (Lipinski definition) is 5. The molecule has 0 saturated carbocycles. The van der Waals surface area contributed by atoms with Crippen LogP contribution in [0.25, 0.3) is 10.9 Å². The van der Waals surface area contributed by atoms with Crippen LogP contribution in [0.15, 0.2) is 48.5 Å². The molecule has 8 heteroatoms. The average molecular weight is 390 g/mol. The Labute approximate surface area is 160 Å². The van der Waals surface area contributed by atoms with Crippen LogP contribution < -0.4 is 14.3 Å². The highest BCUT2D eigenvalue weighted by atomic mass is 19.3. The van der Waals surface area contributed by atoms with E-state index in [1.807, 2.05) is 30.3 Å². The van der Waals surface area contributed by atoms with Crippen LogP contribution in [0.2, 0.25) is 0 Å². The fourth-order valence-electron chi connectivity index (χ4n) is 2.33. The maximum absolute atomic E-state index is 12.7. The number of carbonyl (C=O) groups is 1. The third-order valence-electron chi connectivity index (χ3n) is 3.82. The van der Waals surface area contributed by atoms with E-state index >= 15 is 0 Å². The summed E-state index contributed by atoms with van der Waals surface area (Å²) in [7, 11) is 0. The summed E-state index contributed by atoms with van der Waals surface area (Å²) in [5.74, 6) is -0.440. The van der Waals surface area contributed by atoms with Crippen molar-refractivity contribution in [2.24, 2.45) is 5.41 Å². The number of benzene rings is 2. The van der Waals surface area contributed by atoms with Crippen molar-refractivity contribution in [3.63, 3.8) is 0 Å². The molecule has 0 N–H and O–H groups in total. The van der Waals surface area contributed by atoms with Crippen LogP contribution in [0.3, 0.4) is 0 Å². The van der Waals surface area contributed by atoms with E-state index in [0.717, 1.165) is 10.4 Å². The van der Waals surface area contributed by atoms with Gasteiger partial charge in [-0.2, -0.15) is 8.78 Å². The Balaban J connectivity index is 1.92. The third-order valence-corrected chi connectivity index (χ3v) is 3.82. The zero-order valence-corrected chi connectivity index (χ0v) is 15.7. The Kier molecular flexibility index (Phi) is 5.48. The summed E-state index contributed by atoms with van der Waals surface area (Å²) in [6, 6.07) is 14.2. The highest BCUT2D eigenvalue weighted by Gasteiger charge is 2.26. The number of rotatable bonds is 6. The third kappa shape index (κ3) is 4.57. The van der Waals surface area contributed by atoms with Crippen molar-refractivity contribution in [1.82, 2.24) is 9.94 Å². The van der Waals surface area contributed by atoms with Gasteiger partial charge in [-0.1, -0.05) is 40.3 Å². The van der Waals surface area contributed by atoms with Gasteiger partial charge in [-0.05, 0) is 38.5 Å². The molecule has 0 aliphatic rings. The highest BCUT2D eigenvalue weighted by molar-refractivity contribution is 5.86. The number of carbonyl (C=O) groups excluding carboxylic acids is 1. The molecule has 0 aliphatic carbocycles. The summed E-state index contributed by atoms with van der Waals surface area (Å²) in [5.41, 5.74) is 0.444. The first kappa shape index (κ1) is 19.6. The molecule has 0 aliphatic heterocycles. The number of fused-ring (bicyclic) bond motifs is 1. The molecule has 0 bridgehead atoms. The van der Waals surface area contributed by atoms with Crippen molar-refractivity contribution in [3.8, 4) is 11.6 Å². The first-order valence-corrected chi connectivity index (χ1v) is 8.61. The van der Waals surface area contributed by atoms with Gasteiger partial charge in [0.1, 0.15) is 17.9 Å². The second kappa shape index (κ2) is 7.84. The Morgan fingerprint density at radius 2 is 1.86 bits per heavy atom. The molecule has 2 aromatic carbocycles. The fourth-order valence-corrected chi connectivity index (χ4v) is 2.33. The lowest BCUT2D eigenvalue weighted by Crippen LogP contribution is -2.31. The molecule has 3 aromatic rings. The number of alkyl halides is 2. The molecule has 0 spiro atoms. The van der Waals surface area contributed by atoms with Crippen molar-refractivity contribution < 1.29 is 27.9 Å². The summed E-state index contributed by atoms with van der Waals surface area (Å²) >= 11 is 0. The van der Waals surface area contributed by atoms with E-state index in [1.54, 1.807) is 32.9 Å². The van der Waals surface area contributed by atoms with Gasteiger partial charge in [-0.15, -0.1) is 0 Å². The predicted octanol–water partition coefficient (Wildman–Crippen LogP) is 4.22. The van der Waals surface area contributed by atoms with Crippen molar-refractivity contribution in [1.29, 1.82) is 0 Å². The molecule has 28 heavy (non-hydrogen) atoms. The highest BCUT2D eigenvalue weighted by Crippen LogP contribution is 2.30. The minimum absolute atomic E-state index is 0.272. The number of ether oxygens (including phenoxy) is 2. The Hall–Kier alpha value is -3.16. The van der Waals surface area contributed by atoms with Gasteiger partial charge in [0.2, 0.25) is 5.88 Å². The minimum Gasteiger partial charge on any atom is -0.489 e. The number of hydrogen-bond donors (Lipinski definition) is 0. The molecular formula is C20H20F2N2O4. The Bertz CT molecular complexity index is 965. The van der Waals surface area contributed by atoms with Crippen molar-refractivity contribution in [3.05, 3.63) is 54.1 Å². The number of nitrogens with zero attached hydrogens (tertiary/aromatic N) is 2. The molecule has 0 unspecified atom stereocenters. The molecule has 148 valence electrons. The standard InChI is InChI=1S/C20H20F2N2O4/c1-20(2,3)18(25)28-24-16-11-14(26-12-13-7-5-4-6-8-13)9-10-15(16)17(23-24)27-19(21)22/h4-11,19H,12H2,1-3H3. The molecule has 0 fully saturated rings. The average Bonchev–Trinajstić information content (AvgIpc) is 2.96. The van der Waals surface area contributed by atoms with Crippen molar-refractivity contribution >= 4 is 16.9 Å².